The molecule has 1 aliphatic carbocycles. The summed E-state index contributed by atoms with van der Waals surface area (Å²) in [5.41, 5.74) is -0.471. The zero-order valence-corrected chi connectivity index (χ0v) is 12.7. The number of nitrogens with one attached hydrogen (secondary N) is 2. The van der Waals surface area contributed by atoms with Gasteiger partial charge in [0.2, 0.25) is 0 Å². The van der Waals surface area contributed by atoms with E-state index in [1.54, 1.807) is 0 Å². The van der Waals surface area contributed by atoms with Crippen molar-refractivity contribution in [1.82, 2.24) is 10.6 Å². The minimum absolute atomic E-state index is 0.00735. The molecule has 0 radical (unpaired) electrons. The predicted molar refractivity (Wildman–Crippen MR) is 76.2 cm³/mol. The van der Waals surface area contributed by atoms with Crippen LogP contribution in [-0.4, -0.2) is 47.3 Å². The molecule has 1 fully saturated rings. The fourth-order valence-corrected chi connectivity index (χ4v) is 2.38. The molecule has 118 valence electrons. The Labute approximate surface area is 120 Å². The molecule has 6 heteroatoms. The van der Waals surface area contributed by atoms with Crippen molar-refractivity contribution in [2.75, 3.05) is 13.1 Å². The number of alkyl carbamates (subject to hydrolysis) is 1. The Morgan fingerprint density at radius 1 is 1.20 bits per heavy atom. The molecule has 0 bridgehead atoms. The van der Waals surface area contributed by atoms with Crippen LogP contribution in [0.15, 0.2) is 0 Å². The molecule has 0 aromatic heterocycles. The van der Waals surface area contributed by atoms with E-state index in [9.17, 15) is 4.79 Å². The molecule has 4 N–H and O–H groups in total. The van der Waals surface area contributed by atoms with Gasteiger partial charge in [-0.15, -0.1) is 0 Å². The standard InChI is InChI=1S/C14H28N2O4/c1-14(2,3)20-13(19)16-9-8-15-11-6-4-10(5-7-11)12(17)18/h10-12,15,17-18H,4-9H2,1-3H3,(H,16,19). The number of hydrogen-bond acceptors (Lipinski definition) is 5. The molecule has 1 amide bonds. The van der Waals surface area contributed by atoms with Gasteiger partial charge in [0.05, 0.1) is 0 Å². The number of amides is 1. The third-order valence-corrected chi connectivity index (χ3v) is 3.42. The fraction of sp³-hybridized carbons (Fsp3) is 0.929. The first kappa shape index (κ1) is 17.2. The van der Waals surface area contributed by atoms with Crippen molar-refractivity contribution in [2.45, 2.75) is 64.4 Å². The summed E-state index contributed by atoms with van der Waals surface area (Å²) in [6.07, 6.45) is 1.95. The third kappa shape index (κ3) is 7.07. The van der Waals surface area contributed by atoms with Gasteiger partial charge < -0.3 is 25.6 Å². The number of carbonyl (C=O) groups is 1. The lowest BCUT2D eigenvalue weighted by atomic mass is 9.85. The number of aliphatic hydroxyl groups excluding tert-OH is 1. The number of ether oxygens (including phenoxy) is 1. The highest BCUT2D eigenvalue weighted by molar-refractivity contribution is 5.67. The molecular formula is C14H28N2O4. The van der Waals surface area contributed by atoms with Crippen molar-refractivity contribution in [1.29, 1.82) is 0 Å². The summed E-state index contributed by atoms with van der Waals surface area (Å²) in [6.45, 7) is 6.71. The molecule has 0 unspecified atom stereocenters. The molecule has 20 heavy (non-hydrogen) atoms. The SMILES string of the molecule is CC(C)(C)OC(=O)NCCNC1CCC(C(O)O)CC1. The highest BCUT2D eigenvalue weighted by atomic mass is 16.6. The van der Waals surface area contributed by atoms with E-state index in [4.69, 9.17) is 14.9 Å². The van der Waals surface area contributed by atoms with Gasteiger partial charge in [0.1, 0.15) is 5.60 Å². The minimum Gasteiger partial charge on any atom is -0.444 e. The topological polar surface area (TPSA) is 90.8 Å². The Balaban J connectivity index is 2.07. The Hall–Kier alpha value is -0.850. The highest BCUT2D eigenvalue weighted by Gasteiger charge is 2.24. The second-order valence-corrected chi connectivity index (χ2v) is 6.41. The molecule has 1 saturated carbocycles. The van der Waals surface area contributed by atoms with Gasteiger partial charge in [-0.05, 0) is 46.5 Å². The molecule has 1 rings (SSSR count). The van der Waals surface area contributed by atoms with Crippen LogP contribution in [-0.2, 0) is 4.74 Å². The van der Waals surface area contributed by atoms with Crippen LogP contribution < -0.4 is 10.6 Å². The van der Waals surface area contributed by atoms with Crippen molar-refractivity contribution >= 4 is 6.09 Å². The summed E-state index contributed by atoms with van der Waals surface area (Å²) in [6, 6.07) is 0.394. The lowest BCUT2D eigenvalue weighted by Crippen LogP contribution is -2.41. The van der Waals surface area contributed by atoms with E-state index < -0.39 is 18.0 Å². The second kappa shape index (κ2) is 7.81. The van der Waals surface area contributed by atoms with Gasteiger partial charge in [0.15, 0.2) is 6.29 Å². The quantitative estimate of drug-likeness (QED) is 0.447. The molecule has 0 atom stereocenters. The van der Waals surface area contributed by atoms with Crippen molar-refractivity contribution in [3.05, 3.63) is 0 Å². The van der Waals surface area contributed by atoms with Crippen LogP contribution in [0.4, 0.5) is 4.79 Å². The van der Waals surface area contributed by atoms with Crippen LogP contribution in [0.1, 0.15) is 46.5 Å². The average molecular weight is 288 g/mol. The summed E-state index contributed by atoms with van der Waals surface area (Å²) in [5, 5.41) is 24.3. The van der Waals surface area contributed by atoms with E-state index in [2.05, 4.69) is 10.6 Å². The lowest BCUT2D eigenvalue weighted by Gasteiger charge is -2.30. The summed E-state index contributed by atoms with van der Waals surface area (Å²) >= 11 is 0. The van der Waals surface area contributed by atoms with Gasteiger partial charge in [-0.3, -0.25) is 0 Å². The normalized spacial score (nSPS) is 23.7. The molecule has 6 nitrogen and oxygen atoms in total. The van der Waals surface area contributed by atoms with Gasteiger partial charge in [0.25, 0.3) is 0 Å². The fourth-order valence-electron chi connectivity index (χ4n) is 2.38. The van der Waals surface area contributed by atoms with Crippen LogP contribution in [0.3, 0.4) is 0 Å². The van der Waals surface area contributed by atoms with Crippen molar-refractivity contribution in [2.24, 2.45) is 5.92 Å². The molecule has 1 aliphatic rings. The van der Waals surface area contributed by atoms with E-state index in [1.807, 2.05) is 20.8 Å². The Morgan fingerprint density at radius 2 is 1.80 bits per heavy atom. The zero-order chi connectivity index (χ0) is 15.2. The average Bonchev–Trinajstić information content (AvgIpc) is 2.33. The first-order valence-electron chi connectivity index (χ1n) is 7.34. The summed E-state index contributed by atoms with van der Waals surface area (Å²) in [5.74, 6) is 0.00735. The molecule has 0 heterocycles. The number of aliphatic hydroxyl groups is 2. The maximum Gasteiger partial charge on any atom is 0.407 e. The molecule has 0 aromatic rings. The van der Waals surface area contributed by atoms with E-state index >= 15 is 0 Å². The van der Waals surface area contributed by atoms with Crippen LogP contribution in [0.2, 0.25) is 0 Å². The molecule has 0 spiro atoms. The van der Waals surface area contributed by atoms with Gasteiger partial charge in [-0.2, -0.15) is 0 Å². The van der Waals surface area contributed by atoms with Crippen LogP contribution in [0.25, 0.3) is 0 Å². The number of hydrogen-bond donors (Lipinski definition) is 4. The maximum absolute atomic E-state index is 11.4. The first-order valence-corrected chi connectivity index (χ1v) is 7.34. The molecule has 0 aromatic carbocycles. The van der Waals surface area contributed by atoms with E-state index in [-0.39, 0.29) is 5.92 Å². The molecule has 0 aliphatic heterocycles. The van der Waals surface area contributed by atoms with E-state index in [0.29, 0.717) is 19.1 Å². The summed E-state index contributed by atoms with van der Waals surface area (Å²) in [7, 11) is 0. The Bertz CT molecular complexity index is 294. The largest absolute Gasteiger partial charge is 0.444 e. The summed E-state index contributed by atoms with van der Waals surface area (Å²) in [4.78, 5) is 11.4. The number of rotatable bonds is 5. The van der Waals surface area contributed by atoms with Crippen LogP contribution in [0.5, 0.6) is 0 Å². The van der Waals surface area contributed by atoms with Crippen LogP contribution >= 0.6 is 0 Å². The highest BCUT2D eigenvalue weighted by Crippen LogP contribution is 2.25. The summed E-state index contributed by atoms with van der Waals surface area (Å²) < 4.78 is 5.14. The van der Waals surface area contributed by atoms with Gasteiger partial charge >= 0.3 is 6.09 Å². The van der Waals surface area contributed by atoms with E-state index in [0.717, 1.165) is 25.7 Å². The minimum atomic E-state index is -1.19. The third-order valence-electron chi connectivity index (χ3n) is 3.42. The lowest BCUT2D eigenvalue weighted by molar-refractivity contribution is -0.0942. The predicted octanol–water partition coefficient (Wildman–Crippen LogP) is 0.970. The first-order chi connectivity index (χ1) is 9.28. The van der Waals surface area contributed by atoms with Crippen molar-refractivity contribution in [3.63, 3.8) is 0 Å². The number of carbonyl (C=O) groups excluding carboxylic acids is 1. The van der Waals surface area contributed by atoms with Gasteiger partial charge in [-0.25, -0.2) is 4.79 Å². The molecule has 0 saturated heterocycles. The Kier molecular flexibility index (Phi) is 6.71. The second-order valence-electron chi connectivity index (χ2n) is 6.41. The smallest absolute Gasteiger partial charge is 0.407 e. The van der Waals surface area contributed by atoms with Crippen molar-refractivity contribution in [3.8, 4) is 0 Å². The van der Waals surface area contributed by atoms with E-state index in [1.165, 1.54) is 0 Å². The van der Waals surface area contributed by atoms with Crippen LogP contribution in [0, 0.1) is 5.92 Å². The maximum atomic E-state index is 11.4. The monoisotopic (exact) mass is 288 g/mol. The molecular weight excluding hydrogens is 260 g/mol. The Morgan fingerprint density at radius 3 is 2.30 bits per heavy atom. The van der Waals surface area contributed by atoms with Gasteiger partial charge in [-0.1, -0.05) is 0 Å². The van der Waals surface area contributed by atoms with Gasteiger partial charge in [0, 0.05) is 25.0 Å². The van der Waals surface area contributed by atoms with Crippen molar-refractivity contribution < 1.29 is 19.7 Å². The zero-order valence-electron chi connectivity index (χ0n) is 12.7.